The highest BCUT2D eigenvalue weighted by Crippen LogP contribution is 2.24. The molecule has 3 nitrogen and oxygen atoms in total. The van der Waals surface area contributed by atoms with Gasteiger partial charge < -0.3 is 4.74 Å². The quantitative estimate of drug-likeness (QED) is 0.630. The number of piperidine rings is 1. The minimum absolute atomic E-state index is 0.245. The Hall–Kier alpha value is -1.27. The fourth-order valence-electron chi connectivity index (χ4n) is 2.31. The van der Waals surface area contributed by atoms with Crippen LogP contribution in [0.5, 0.6) is 5.75 Å². The van der Waals surface area contributed by atoms with Crippen molar-refractivity contribution < 1.29 is 22.7 Å². The van der Waals surface area contributed by atoms with E-state index >= 15 is 0 Å². The molecule has 1 fully saturated rings. The lowest BCUT2D eigenvalue weighted by molar-refractivity contribution is -0.151. The maximum atomic E-state index is 12.3. The first-order valence-electron chi connectivity index (χ1n) is 6.60. The molecule has 0 radical (unpaired) electrons. The van der Waals surface area contributed by atoms with Crippen molar-refractivity contribution in [1.82, 2.24) is 4.90 Å². The van der Waals surface area contributed by atoms with Gasteiger partial charge in [-0.1, -0.05) is 17.7 Å². The summed E-state index contributed by atoms with van der Waals surface area (Å²) in [6.07, 6.45) is -3.46. The molecule has 0 aromatic heterocycles. The molecule has 0 bridgehead atoms. The molecule has 1 aliphatic heterocycles. The fourth-order valence-corrected chi connectivity index (χ4v) is 2.49. The largest absolute Gasteiger partial charge is 0.426 e. The van der Waals surface area contributed by atoms with E-state index in [0.29, 0.717) is 23.6 Å². The van der Waals surface area contributed by atoms with E-state index in [1.165, 1.54) is 11.0 Å². The van der Waals surface area contributed by atoms with Crippen molar-refractivity contribution in [3.05, 3.63) is 29.3 Å². The number of alkyl halides is 3. The number of ether oxygens (including phenoxy) is 1. The number of hydrogen-bond acceptors (Lipinski definition) is 3. The Kier molecular flexibility index (Phi) is 5.11. The van der Waals surface area contributed by atoms with Gasteiger partial charge in [0.1, 0.15) is 5.75 Å². The molecule has 116 valence electrons. The van der Waals surface area contributed by atoms with Crippen molar-refractivity contribution in [3.8, 4) is 5.75 Å². The molecule has 2 rings (SSSR count). The zero-order chi connectivity index (χ0) is 15.5. The highest BCUT2D eigenvalue weighted by atomic mass is 35.5. The maximum absolute atomic E-state index is 12.3. The first-order valence-corrected chi connectivity index (χ1v) is 6.98. The number of rotatable bonds is 3. The number of likely N-dealkylation sites (tertiary alicyclic amines) is 1. The van der Waals surface area contributed by atoms with Gasteiger partial charge in [-0.3, -0.25) is 9.69 Å². The zero-order valence-corrected chi connectivity index (χ0v) is 12.0. The van der Waals surface area contributed by atoms with Crippen LogP contribution in [0.4, 0.5) is 13.2 Å². The van der Waals surface area contributed by atoms with E-state index in [1.807, 2.05) is 0 Å². The second-order valence-electron chi connectivity index (χ2n) is 5.04. The molecule has 1 saturated heterocycles. The van der Waals surface area contributed by atoms with Gasteiger partial charge in [0.25, 0.3) is 0 Å². The van der Waals surface area contributed by atoms with Crippen molar-refractivity contribution >= 4 is 17.6 Å². The highest BCUT2D eigenvalue weighted by Gasteiger charge is 2.34. The smallest absolute Gasteiger partial charge is 0.401 e. The molecular formula is C14H15ClF3NO2. The summed E-state index contributed by atoms with van der Waals surface area (Å²) in [4.78, 5) is 13.3. The number of carbonyl (C=O) groups excluding carboxylic acids is 1. The Bertz CT molecular complexity index is 499. The number of carbonyl (C=O) groups is 1. The van der Waals surface area contributed by atoms with Crippen LogP contribution >= 0.6 is 11.6 Å². The summed E-state index contributed by atoms with van der Waals surface area (Å²) < 4.78 is 42.0. The van der Waals surface area contributed by atoms with Crippen LogP contribution in [-0.4, -0.2) is 36.7 Å². The Balaban J connectivity index is 1.83. The van der Waals surface area contributed by atoms with Crippen molar-refractivity contribution in [1.29, 1.82) is 0 Å². The van der Waals surface area contributed by atoms with E-state index in [0.717, 1.165) is 0 Å². The monoisotopic (exact) mass is 321 g/mol. The Morgan fingerprint density at radius 3 is 2.57 bits per heavy atom. The SMILES string of the molecule is O=C(Oc1cccc(Cl)c1)C1CCN(CC(F)(F)F)CC1. The average Bonchev–Trinajstić information content (AvgIpc) is 2.37. The van der Waals surface area contributed by atoms with E-state index in [4.69, 9.17) is 16.3 Å². The normalized spacial score (nSPS) is 17.7. The van der Waals surface area contributed by atoms with Gasteiger partial charge in [0.2, 0.25) is 0 Å². The zero-order valence-electron chi connectivity index (χ0n) is 11.2. The molecule has 0 N–H and O–H groups in total. The van der Waals surface area contributed by atoms with Crippen molar-refractivity contribution in [2.24, 2.45) is 5.92 Å². The van der Waals surface area contributed by atoms with Crippen LogP contribution < -0.4 is 4.74 Å². The molecular weight excluding hydrogens is 307 g/mol. The van der Waals surface area contributed by atoms with Crippen LogP contribution in [0, 0.1) is 5.92 Å². The number of benzene rings is 1. The van der Waals surface area contributed by atoms with E-state index in [2.05, 4.69) is 0 Å². The predicted octanol–water partition coefficient (Wildman–Crippen LogP) is 3.52. The van der Waals surface area contributed by atoms with Crippen LogP contribution in [0.1, 0.15) is 12.8 Å². The molecule has 1 aliphatic rings. The molecule has 0 amide bonds. The second kappa shape index (κ2) is 6.66. The van der Waals surface area contributed by atoms with Crippen LogP contribution in [0.15, 0.2) is 24.3 Å². The molecule has 0 atom stereocenters. The topological polar surface area (TPSA) is 29.5 Å². The van der Waals surface area contributed by atoms with Crippen LogP contribution in [0.2, 0.25) is 5.02 Å². The minimum atomic E-state index is -4.20. The molecule has 1 heterocycles. The standard InChI is InChI=1S/C14H15ClF3NO2/c15-11-2-1-3-12(8-11)21-13(20)10-4-6-19(7-5-10)9-14(16,17)18/h1-3,8,10H,4-7,9H2. The van der Waals surface area contributed by atoms with Gasteiger partial charge >= 0.3 is 12.1 Å². The van der Waals surface area contributed by atoms with Gasteiger partial charge in [0.05, 0.1) is 12.5 Å². The molecule has 1 aromatic rings. The fraction of sp³-hybridized carbons (Fsp3) is 0.500. The molecule has 7 heteroatoms. The maximum Gasteiger partial charge on any atom is 0.401 e. The van der Waals surface area contributed by atoms with E-state index < -0.39 is 18.7 Å². The van der Waals surface area contributed by atoms with Crippen LogP contribution in [0.25, 0.3) is 0 Å². The van der Waals surface area contributed by atoms with E-state index in [-0.39, 0.29) is 19.0 Å². The molecule has 0 saturated carbocycles. The summed E-state index contributed by atoms with van der Waals surface area (Å²) in [5, 5.41) is 0.459. The molecule has 1 aromatic carbocycles. The number of halogens is 4. The van der Waals surface area contributed by atoms with Gasteiger partial charge in [0, 0.05) is 5.02 Å². The van der Waals surface area contributed by atoms with Gasteiger partial charge in [-0.05, 0) is 44.1 Å². The number of nitrogens with zero attached hydrogens (tertiary/aromatic N) is 1. The van der Waals surface area contributed by atoms with E-state index in [9.17, 15) is 18.0 Å². The van der Waals surface area contributed by atoms with Crippen LogP contribution in [0.3, 0.4) is 0 Å². The molecule has 21 heavy (non-hydrogen) atoms. The lowest BCUT2D eigenvalue weighted by atomic mass is 9.97. The first-order chi connectivity index (χ1) is 9.83. The highest BCUT2D eigenvalue weighted by molar-refractivity contribution is 6.30. The summed E-state index contributed by atoms with van der Waals surface area (Å²) in [5.41, 5.74) is 0. The Labute approximate surface area is 125 Å². The summed E-state index contributed by atoms with van der Waals surface area (Å²) in [7, 11) is 0. The molecule has 0 aliphatic carbocycles. The van der Waals surface area contributed by atoms with Crippen LogP contribution in [-0.2, 0) is 4.79 Å². The number of hydrogen-bond donors (Lipinski definition) is 0. The van der Waals surface area contributed by atoms with Gasteiger partial charge in [-0.15, -0.1) is 0 Å². The van der Waals surface area contributed by atoms with Crippen molar-refractivity contribution in [2.45, 2.75) is 19.0 Å². The third-order valence-electron chi connectivity index (χ3n) is 3.34. The summed E-state index contributed by atoms with van der Waals surface area (Å²) in [6.45, 7) is -0.438. The predicted molar refractivity (Wildman–Crippen MR) is 72.3 cm³/mol. The second-order valence-corrected chi connectivity index (χ2v) is 5.48. The summed E-state index contributed by atoms with van der Waals surface area (Å²) >= 11 is 5.79. The van der Waals surface area contributed by atoms with Crippen molar-refractivity contribution in [2.75, 3.05) is 19.6 Å². The lowest BCUT2D eigenvalue weighted by Gasteiger charge is -2.31. The molecule has 0 unspecified atom stereocenters. The van der Waals surface area contributed by atoms with E-state index in [1.54, 1.807) is 18.2 Å². The Morgan fingerprint density at radius 1 is 1.33 bits per heavy atom. The number of esters is 1. The van der Waals surface area contributed by atoms with Crippen molar-refractivity contribution in [3.63, 3.8) is 0 Å². The lowest BCUT2D eigenvalue weighted by Crippen LogP contribution is -2.42. The minimum Gasteiger partial charge on any atom is -0.426 e. The third kappa shape index (κ3) is 5.21. The first kappa shape index (κ1) is 16.1. The van der Waals surface area contributed by atoms with Gasteiger partial charge in [0.15, 0.2) is 0 Å². The third-order valence-corrected chi connectivity index (χ3v) is 3.57. The molecule has 0 spiro atoms. The van der Waals surface area contributed by atoms with Gasteiger partial charge in [-0.25, -0.2) is 0 Å². The Morgan fingerprint density at radius 2 is 2.00 bits per heavy atom. The summed E-state index contributed by atoms with van der Waals surface area (Å²) in [6, 6.07) is 6.46. The summed E-state index contributed by atoms with van der Waals surface area (Å²) in [5.74, 6) is -0.428. The van der Waals surface area contributed by atoms with Gasteiger partial charge in [-0.2, -0.15) is 13.2 Å². The average molecular weight is 322 g/mol.